The van der Waals surface area contributed by atoms with Crippen molar-refractivity contribution in [3.8, 4) is 11.5 Å². The molecule has 1 amide bonds. The maximum absolute atomic E-state index is 11.6. The number of carbonyl (C=O) groups is 1. The maximum Gasteiger partial charge on any atom is 0.357 e. The number of carbonyl (C=O) groups excluding carboxylic acids is 1. The number of nitrogens with zero attached hydrogens (tertiary/aromatic N) is 1. The van der Waals surface area contributed by atoms with E-state index < -0.39 is 27.8 Å². The number of primary amides is 1. The molecule has 1 aromatic carbocycles. The zero-order chi connectivity index (χ0) is 20.0. The second-order valence-corrected chi connectivity index (χ2v) is 5.16. The SMILES string of the molecule is CCOc1cc(/C=C/c2[nH]c(=O)[nH]c(=O)c2[N+](=O)[O-])ccc1OCC(N)=O. The summed E-state index contributed by atoms with van der Waals surface area (Å²) < 4.78 is 10.7. The lowest BCUT2D eigenvalue weighted by molar-refractivity contribution is -0.386. The molecule has 0 aliphatic carbocycles. The minimum absolute atomic E-state index is 0.249. The number of nitrogens with one attached hydrogen (secondary N) is 2. The zero-order valence-electron chi connectivity index (χ0n) is 14.2. The lowest BCUT2D eigenvalue weighted by Crippen LogP contribution is -2.25. The van der Waals surface area contributed by atoms with Crippen LogP contribution in [0.3, 0.4) is 0 Å². The fourth-order valence-electron chi connectivity index (χ4n) is 2.14. The van der Waals surface area contributed by atoms with Crippen LogP contribution in [0.2, 0.25) is 0 Å². The van der Waals surface area contributed by atoms with Crippen LogP contribution < -0.4 is 26.5 Å². The molecule has 11 nitrogen and oxygen atoms in total. The van der Waals surface area contributed by atoms with Gasteiger partial charge in [0.25, 0.3) is 5.91 Å². The first-order valence-electron chi connectivity index (χ1n) is 7.68. The molecule has 2 rings (SSSR count). The summed E-state index contributed by atoms with van der Waals surface area (Å²) in [4.78, 5) is 48.0. The van der Waals surface area contributed by atoms with Gasteiger partial charge in [-0.15, -0.1) is 0 Å². The van der Waals surface area contributed by atoms with Crippen molar-refractivity contribution in [2.45, 2.75) is 6.92 Å². The Morgan fingerprint density at radius 1 is 1.22 bits per heavy atom. The van der Waals surface area contributed by atoms with Gasteiger partial charge in [-0.1, -0.05) is 12.1 Å². The second-order valence-electron chi connectivity index (χ2n) is 5.16. The topological polar surface area (TPSA) is 170 Å². The van der Waals surface area contributed by atoms with Crippen LogP contribution in [0.25, 0.3) is 12.2 Å². The van der Waals surface area contributed by atoms with E-state index in [0.717, 1.165) is 0 Å². The van der Waals surface area contributed by atoms with Crippen molar-refractivity contribution in [3.63, 3.8) is 0 Å². The third-order valence-corrected chi connectivity index (χ3v) is 3.21. The van der Waals surface area contributed by atoms with Gasteiger partial charge in [-0.2, -0.15) is 0 Å². The number of amides is 1. The summed E-state index contributed by atoms with van der Waals surface area (Å²) in [7, 11) is 0. The fourth-order valence-corrected chi connectivity index (χ4v) is 2.14. The predicted octanol–water partition coefficient (Wildman–Crippen LogP) is 0.405. The Labute approximate surface area is 151 Å². The molecule has 142 valence electrons. The first kappa shape index (κ1) is 19.4. The number of hydrogen-bond donors (Lipinski definition) is 3. The van der Waals surface area contributed by atoms with Gasteiger partial charge in [-0.3, -0.25) is 24.7 Å². The van der Waals surface area contributed by atoms with E-state index >= 15 is 0 Å². The third kappa shape index (κ3) is 5.04. The molecule has 0 saturated carbocycles. The van der Waals surface area contributed by atoms with Crippen LogP contribution in [0, 0.1) is 10.1 Å². The van der Waals surface area contributed by atoms with E-state index in [1.165, 1.54) is 18.2 Å². The fraction of sp³-hybridized carbons (Fsp3) is 0.188. The highest BCUT2D eigenvalue weighted by atomic mass is 16.6. The molecule has 0 spiro atoms. The van der Waals surface area contributed by atoms with E-state index in [0.29, 0.717) is 23.7 Å². The molecule has 0 atom stereocenters. The van der Waals surface area contributed by atoms with Crippen LogP contribution in [0.4, 0.5) is 5.69 Å². The van der Waals surface area contributed by atoms with Gasteiger partial charge in [0.2, 0.25) is 0 Å². The number of H-pyrrole nitrogens is 2. The summed E-state index contributed by atoms with van der Waals surface area (Å²) in [5, 5.41) is 11.0. The largest absolute Gasteiger partial charge is 0.490 e. The van der Waals surface area contributed by atoms with E-state index in [-0.39, 0.29) is 12.3 Å². The normalized spacial score (nSPS) is 10.7. The van der Waals surface area contributed by atoms with Crippen molar-refractivity contribution in [2.75, 3.05) is 13.2 Å². The minimum Gasteiger partial charge on any atom is -0.490 e. The highest BCUT2D eigenvalue weighted by Crippen LogP contribution is 2.29. The molecule has 0 fully saturated rings. The molecule has 0 unspecified atom stereocenters. The van der Waals surface area contributed by atoms with Crippen molar-refractivity contribution in [3.05, 3.63) is 60.4 Å². The van der Waals surface area contributed by atoms with Gasteiger partial charge in [0.1, 0.15) is 5.69 Å². The van der Waals surface area contributed by atoms with Crippen LogP contribution in [0.5, 0.6) is 11.5 Å². The molecular formula is C16H16N4O7. The van der Waals surface area contributed by atoms with Crippen LogP contribution in [0.1, 0.15) is 18.2 Å². The third-order valence-electron chi connectivity index (χ3n) is 3.21. The van der Waals surface area contributed by atoms with Crippen molar-refractivity contribution in [1.82, 2.24) is 9.97 Å². The number of rotatable bonds is 8. The maximum atomic E-state index is 11.6. The summed E-state index contributed by atoms with van der Waals surface area (Å²) in [6.45, 7) is 1.76. The Balaban J connectivity index is 2.39. The molecule has 1 aromatic heterocycles. The second kappa shape index (κ2) is 8.47. The Hall–Kier alpha value is -3.89. The van der Waals surface area contributed by atoms with Crippen LogP contribution in [-0.2, 0) is 4.79 Å². The van der Waals surface area contributed by atoms with E-state index in [1.807, 2.05) is 0 Å². The first-order valence-corrected chi connectivity index (χ1v) is 7.68. The molecule has 0 radical (unpaired) electrons. The van der Waals surface area contributed by atoms with Crippen molar-refractivity contribution < 1.29 is 19.2 Å². The summed E-state index contributed by atoms with van der Waals surface area (Å²) in [6, 6.07) is 4.68. The first-order chi connectivity index (χ1) is 12.8. The van der Waals surface area contributed by atoms with Gasteiger partial charge >= 0.3 is 16.9 Å². The predicted molar refractivity (Wildman–Crippen MR) is 95.6 cm³/mol. The lowest BCUT2D eigenvalue weighted by atomic mass is 10.1. The molecular weight excluding hydrogens is 360 g/mol. The molecule has 4 N–H and O–H groups in total. The molecule has 2 aromatic rings. The van der Waals surface area contributed by atoms with Gasteiger partial charge in [0, 0.05) is 0 Å². The van der Waals surface area contributed by atoms with E-state index in [4.69, 9.17) is 15.2 Å². The van der Waals surface area contributed by atoms with E-state index in [2.05, 4.69) is 4.98 Å². The minimum atomic E-state index is -1.10. The monoisotopic (exact) mass is 376 g/mol. The number of benzene rings is 1. The van der Waals surface area contributed by atoms with Crippen LogP contribution in [-0.4, -0.2) is 34.0 Å². The van der Waals surface area contributed by atoms with Gasteiger partial charge in [0.15, 0.2) is 18.1 Å². The van der Waals surface area contributed by atoms with Crippen LogP contribution >= 0.6 is 0 Å². The lowest BCUT2D eigenvalue weighted by Gasteiger charge is -2.11. The number of nitro groups is 1. The average molecular weight is 376 g/mol. The summed E-state index contributed by atoms with van der Waals surface area (Å²) in [5.41, 5.74) is 2.59. The Morgan fingerprint density at radius 3 is 2.59 bits per heavy atom. The average Bonchev–Trinajstić information content (AvgIpc) is 2.58. The smallest absolute Gasteiger partial charge is 0.357 e. The van der Waals surface area contributed by atoms with E-state index in [1.54, 1.807) is 24.0 Å². The number of hydrogen-bond acceptors (Lipinski definition) is 7. The van der Waals surface area contributed by atoms with Gasteiger partial charge in [0.05, 0.1) is 11.5 Å². The van der Waals surface area contributed by atoms with Gasteiger partial charge in [-0.05, 0) is 30.7 Å². The quantitative estimate of drug-likeness (QED) is 0.442. The number of ether oxygens (including phenoxy) is 2. The number of aromatic amines is 2. The highest BCUT2D eigenvalue weighted by Gasteiger charge is 2.18. The standard InChI is InChI=1S/C16H16N4O7/c1-2-26-12-7-9(4-6-11(12)27-8-13(17)21)3-5-10-14(20(24)25)15(22)19-16(23)18-10/h3-7H,2,8H2,1H3,(H2,17,21)(H2,18,19,22,23)/b5-3+. The molecule has 1 heterocycles. The molecule has 0 bridgehead atoms. The van der Waals surface area contributed by atoms with Gasteiger partial charge in [-0.25, -0.2) is 4.79 Å². The van der Waals surface area contributed by atoms with Crippen molar-refractivity contribution in [2.24, 2.45) is 5.73 Å². The Kier molecular flexibility index (Phi) is 6.10. The summed E-state index contributed by atoms with van der Waals surface area (Å²) in [5.74, 6) is -0.0230. The number of aromatic nitrogens is 2. The van der Waals surface area contributed by atoms with Crippen molar-refractivity contribution >= 4 is 23.7 Å². The molecule has 11 heteroatoms. The Bertz CT molecular complexity index is 1010. The Morgan fingerprint density at radius 2 is 1.96 bits per heavy atom. The molecule has 0 aliphatic rings. The molecule has 27 heavy (non-hydrogen) atoms. The zero-order valence-corrected chi connectivity index (χ0v) is 14.2. The number of nitrogens with two attached hydrogens (primary N) is 1. The molecule has 0 aliphatic heterocycles. The molecule has 0 saturated heterocycles. The van der Waals surface area contributed by atoms with Crippen molar-refractivity contribution in [1.29, 1.82) is 0 Å². The summed E-state index contributed by atoms with van der Waals surface area (Å²) in [6.07, 6.45) is 2.67. The van der Waals surface area contributed by atoms with E-state index in [9.17, 15) is 24.5 Å². The van der Waals surface area contributed by atoms with Crippen LogP contribution in [0.15, 0.2) is 27.8 Å². The highest BCUT2D eigenvalue weighted by molar-refractivity contribution is 5.76. The summed E-state index contributed by atoms with van der Waals surface area (Å²) >= 11 is 0. The van der Waals surface area contributed by atoms with Gasteiger partial charge < -0.3 is 20.2 Å².